The van der Waals surface area contributed by atoms with E-state index in [1.54, 1.807) is 6.07 Å². The Morgan fingerprint density at radius 2 is 1.86 bits per heavy atom. The Balaban J connectivity index is 1.66. The van der Waals surface area contributed by atoms with E-state index in [2.05, 4.69) is 10.3 Å². The molecule has 1 aliphatic rings. The first-order chi connectivity index (χ1) is 13.8. The number of rotatable bonds is 6. The number of esters is 1. The Morgan fingerprint density at radius 3 is 2.52 bits per heavy atom. The van der Waals surface area contributed by atoms with Crippen LogP contribution in [0.3, 0.4) is 0 Å². The molecule has 1 aromatic carbocycles. The average Bonchev–Trinajstić information content (AvgIpc) is 3.24. The van der Waals surface area contributed by atoms with Crippen LogP contribution >= 0.6 is 23.2 Å². The third-order valence-electron chi connectivity index (χ3n) is 4.18. The maximum absolute atomic E-state index is 12.7. The highest BCUT2D eigenvalue weighted by atomic mass is 35.5. The van der Waals surface area contributed by atoms with E-state index in [0.717, 1.165) is 18.9 Å². The van der Waals surface area contributed by atoms with Crippen molar-refractivity contribution in [2.75, 3.05) is 25.0 Å². The van der Waals surface area contributed by atoms with Gasteiger partial charge in [-0.1, -0.05) is 23.2 Å². The SMILES string of the molecule is O=C(COC(=O)c1ccc(Cl)c(S(=O)(=O)N2CCCC2)c1)Nc1ccc(Cl)cn1. The highest BCUT2D eigenvalue weighted by Gasteiger charge is 2.30. The zero-order valence-electron chi connectivity index (χ0n) is 15.1. The highest BCUT2D eigenvalue weighted by molar-refractivity contribution is 7.89. The van der Waals surface area contributed by atoms with Crippen LogP contribution in [0.1, 0.15) is 23.2 Å². The molecule has 0 unspecified atom stereocenters. The minimum absolute atomic E-state index is 0.0139. The maximum atomic E-state index is 12.7. The van der Waals surface area contributed by atoms with Gasteiger partial charge in [-0.05, 0) is 43.2 Å². The van der Waals surface area contributed by atoms with E-state index in [1.165, 1.54) is 28.7 Å². The molecular formula is C18H17Cl2N3O5S. The first-order valence-electron chi connectivity index (χ1n) is 8.65. The summed E-state index contributed by atoms with van der Waals surface area (Å²) in [6.07, 6.45) is 2.91. The summed E-state index contributed by atoms with van der Waals surface area (Å²) in [7, 11) is -3.81. The van der Waals surface area contributed by atoms with Crippen molar-refractivity contribution in [3.63, 3.8) is 0 Å². The van der Waals surface area contributed by atoms with Gasteiger partial charge in [0.25, 0.3) is 5.91 Å². The van der Waals surface area contributed by atoms with Crippen LogP contribution < -0.4 is 5.32 Å². The average molecular weight is 458 g/mol. The lowest BCUT2D eigenvalue weighted by atomic mass is 10.2. The number of carbonyl (C=O) groups is 2. The first-order valence-corrected chi connectivity index (χ1v) is 10.9. The van der Waals surface area contributed by atoms with Crippen LogP contribution in [0.25, 0.3) is 0 Å². The van der Waals surface area contributed by atoms with Crippen LogP contribution in [-0.4, -0.2) is 49.3 Å². The summed E-state index contributed by atoms with van der Waals surface area (Å²) in [6.45, 7) is 0.248. The van der Waals surface area contributed by atoms with Crippen molar-refractivity contribution < 1.29 is 22.7 Å². The lowest BCUT2D eigenvalue weighted by Gasteiger charge is -2.17. The van der Waals surface area contributed by atoms with E-state index < -0.39 is 28.5 Å². The lowest BCUT2D eigenvalue weighted by Crippen LogP contribution is -2.28. The highest BCUT2D eigenvalue weighted by Crippen LogP contribution is 2.28. The molecule has 2 aromatic rings. The van der Waals surface area contributed by atoms with Gasteiger partial charge in [0.15, 0.2) is 6.61 Å². The number of amides is 1. The fourth-order valence-corrected chi connectivity index (χ4v) is 4.87. The molecule has 11 heteroatoms. The van der Waals surface area contributed by atoms with Crippen molar-refractivity contribution in [1.29, 1.82) is 0 Å². The second kappa shape index (κ2) is 9.08. The minimum atomic E-state index is -3.81. The van der Waals surface area contributed by atoms with Crippen LogP contribution in [0.5, 0.6) is 0 Å². The third kappa shape index (κ3) is 5.24. The molecular weight excluding hydrogens is 441 g/mol. The zero-order valence-corrected chi connectivity index (χ0v) is 17.4. The molecule has 8 nitrogen and oxygen atoms in total. The van der Waals surface area contributed by atoms with Gasteiger partial charge in [-0.2, -0.15) is 4.31 Å². The van der Waals surface area contributed by atoms with Gasteiger partial charge in [0.2, 0.25) is 10.0 Å². The molecule has 3 rings (SSSR count). The van der Waals surface area contributed by atoms with Gasteiger partial charge in [0.05, 0.1) is 15.6 Å². The number of benzene rings is 1. The number of anilines is 1. The Morgan fingerprint density at radius 1 is 1.14 bits per heavy atom. The summed E-state index contributed by atoms with van der Waals surface area (Å²) < 4.78 is 31.8. The molecule has 1 saturated heterocycles. The Hall–Kier alpha value is -2.20. The summed E-state index contributed by atoms with van der Waals surface area (Å²) in [6, 6.07) is 6.87. The topological polar surface area (TPSA) is 106 Å². The Labute approximate surface area is 177 Å². The van der Waals surface area contributed by atoms with Gasteiger partial charge in [0, 0.05) is 19.3 Å². The number of sulfonamides is 1. The quantitative estimate of drug-likeness (QED) is 0.668. The molecule has 29 heavy (non-hydrogen) atoms. The van der Waals surface area contributed by atoms with Crippen LogP contribution in [0, 0.1) is 0 Å². The summed E-state index contributed by atoms with van der Waals surface area (Å²) in [5, 5.41) is 2.88. The molecule has 0 spiro atoms. The maximum Gasteiger partial charge on any atom is 0.338 e. The second-order valence-electron chi connectivity index (χ2n) is 6.24. The number of ether oxygens (including phenoxy) is 1. The second-order valence-corrected chi connectivity index (χ2v) is 8.99. The first kappa shape index (κ1) is 21.5. The number of hydrogen-bond donors (Lipinski definition) is 1. The van der Waals surface area contributed by atoms with Crippen molar-refractivity contribution in [1.82, 2.24) is 9.29 Å². The van der Waals surface area contributed by atoms with E-state index in [-0.39, 0.29) is 21.3 Å². The van der Waals surface area contributed by atoms with Crippen molar-refractivity contribution in [3.8, 4) is 0 Å². The van der Waals surface area contributed by atoms with E-state index in [4.69, 9.17) is 27.9 Å². The molecule has 0 saturated carbocycles. The molecule has 0 radical (unpaired) electrons. The van der Waals surface area contributed by atoms with Crippen LogP contribution in [0.15, 0.2) is 41.4 Å². The van der Waals surface area contributed by atoms with Gasteiger partial charge >= 0.3 is 5.97 Å². The van der Waals surface area contributed by atoms with E-state index in [9.17, 15) is 18.0 Å². The van der Waals surface area contributed by atoms with Crippen molar-refractivity contribution in [2.45, 2.75) is 17.7 Å². The van der Waals surface area contributed by atoms with Gasteiger partial charge in [0.1, 0.15) is 10.7 Å². The van der Waals surface area contributed by atoms with Gasteiger partial charge in [-0.15, -0.1) is 0 Å². The number of pyridine rings is 1. The lowest BCUT2D eigenvalue weighted by molar-refractivity contribution is -0.119. The summed E-state index contributed by atoms with van der Waals surface area (Å²) in [4.78, 5) is 27.9. The fourth-order valence-electron chi connectivity index (χ4n) is 2.74. The standard InChI is InChI=1S/C18H17Cl2N3O5S/c19-13-4-6-16(21-10-13)22-17(24)11-28-18(25)12-3-5-14(20)15(9-12)29(26,27)23-7-1-2-8-23/h3-6,9-10H,1-2,7-8,11H2,(H,21,22,24). The van der Waals surface area contributed by atoms with Crippen LogP contribution in [0.4, 0.5) is 5.82 Å². The predicted molar refractivity (Wildman–Crippen MR) is 108 cm³/mol. The number of aromatic nitrogens is 1. The molecule has 0 bridgehead atoms. The van der Waals surface area contributed by atoms with Gasteiger partial charge in [-0.3, -0.25) is 4.79 Å². The van der Waals surface area contributed by atoms with Crippen molar-refractivity contribution in [3.05, 3.63) is 52.1 Å². The molecule has 0 atom stereocenters. The number of nitrogens with zero attached hydrogens (tertiary/aromatic N) is 2. The van der Waals surface area contributed by atoms with Crippen LogP contribution in [-0.2, 0) is 19.6 Å². The number of hydrogen-bond acceptors (Lipinski definition) is 6. The Bertz CT molecular complexity index is 1020. The summed E-state index contributed by atoms with van der Waals surface area (Å²) in [5.74, 6) is -1.20. The third-order valence-corrected chi connectivity index (χ3v) is 6.78. The largest absolute Gasteiger partial charge is 0.452 e. The van der Waals surface area contributed by atoms with E-state index >= 15 is 0 Å². The molecule has 0 aliphatic carbocycles. The zero-order chi connectivity index (χ0) is 21.0. The monoisotopic (exact) mass is 457 g/mol. The van der Waals surface area contributed by atoms with E-state index in [1.807, 2.05) is 0 Å². The molecule has 1 N–H and O–H groups in total. The van der Waals surface area contributed by atoms with E-state index in [0.29, 0.717) is 18.1 Å². The minimum Gasteiger partial charge on any atom is -0.452 e. The fraction of sp³-hybridized carbons (Fsp3) is 0.278. The van der Waals surface area contributed by atoms with Crippen molar-refractivity contribution in [2.24, 2.45) is 0 Å². The normalized spacial score (nSPS) is 14.6. The molecule has 1 amide bonds. The summed E-state index contributed by atoms with van der Waals surface area (Å²) in [5.41, 5.74) is -0.0235. The number of halogens is 2. The molecule has 154 valence electrons. The Kier molecular flexibility index (Phi) is 6.74. The van der Waals surface area contributed by atoms with Crippen molar-refractivity contribution >= 4 is 50.9 Å². The molecule has 1 fully saturated rings. The number of nitrogens with one attached hydrogen (secondary N) is 1. The number of carbonyl (C=O) groups excluding carboxylic acids is 2. The smallest absolute Gasteiger partial charge is 0.338 e. The van der Waals surface area contributed by atoms with Gasteiger partial charge < -0.3 is 10.1 Å². The molecule has 2 heterocycles. The molecule has 1 aromatic heterocycles. The molecule has 1 aliphatic heterocycles. The van der Waals surface area contributed by atoms with Crippen LogP contribution in [0.2, 0.25) is 10.0 Å². The summed E-state index contributed by atoms with van der Waals surface area (Å²) >= 11 is 11.8. The van der Waals surface area contributed by atoms with Gasteiger partial charge in [-0.25, -0.2) is 18.2 Å². The predicted octanol–water partition coefficient (Wildman–Crippen LogP) is 2.97.